The Kier molecular flexibility index (Phi) is 24.4. The van der Waals surface area contributed by atoms with Gasteiger partial charge in [-0.3, -0.25) is 14.4 Å². The highest BCUT2D eigenvalue weighted by atomic mass is 16.5. The Morgan fingerprint density at radius 3 is 1.24 bits per heavy atom. The third kappa shape index (κ3) is 15.2. The number of hydrogen-bond acceptors (Lipinski definition) is 7. The lowest BCUT2D eigenvalue weighted by Crippen LogP contribution is -2.49. The highest BCUT2D eigenvalue weighted by molar-refractivity contribution is 5.81. The van der Waals surface area contributed by atoms with Crippen molar-refractivity contribution in [3.63, 3.8) is 0 Å². The molecule has 59 heavy (non-hydrogen) atoms. The molecule has 0 spiro atoms. The van der Waals surface area contributed by atoms with Crippen LogP contribution in [-0.2, 0) is 33.3 Å². The number of carbonyl (C=O) groups excluding carboxylic acids is 3. The fourth-order valence-electron chi connectivity index (χ4n) is 10.3. The van der Waals surface area contributed by atoms with E-state index in [4.69, 9.17) is 18.9 Å². The minimum absolute atomic E-state index is 0.0174. The number of hydrogen-bond donors (Lipinski definition) is 0. The number of carbonyl (C=O) groups is 3. The van der Waals surface area contributed by atoms with Crippen molar-refractivity contribution in [3.05, 3.63) is 0 Å². The van der Waals surface area contributed by atoms with Crippen LogP contribution >= 0.6 is 0 Å². The Hall–Kier alpha value is -1.75. The first-order valence-electron chi connectivity index (χ1n) is 23.4. The smallest absolute Gasteiger partial charge is 0.229 e. The standard InChI is InChI=1S/C17H33NO3.2C16H31NO2/c1-11(2)15-8-14(10-20-6)9-18(15)17(19)16(12(3)4)13(5)21-7;1-10(2)14-8-12(5)9-17(14)16(18)15(11(3)4)13(6)19-7;1-10(2)14-9-8-12(5)17(14)16(18)15(11(3)4)13(6)19-7/h11-16H,8-10H2,1-7H3;2*10-15H,8-9H2,1-7H3/t13?,14?,15-,16?;2*12?,13?,14-,15?/m000/s1. The number of amides is 3. The summed E-state index contributed by atoms with van der Waals surface area (Å²) in [7, 11) is 6.81. The van der Waals surface area contributed by atoms with Gasteiger partial charge in [-0.25, -0.2) is 0 Å². The summed E-state index contributed by atoms with van der Waals surface area (Å²) in [6.07, 6.45) is 4.35. The second-order valence-corrected chi connectivity index (χ2v) is 20.6. The monoisotopic (exact) mass is 838 g/mol. The first kappa shape index (κ1) is 55.3. The van der Waals surface area contributed by atoms with E-state index in [1.165, 1.54) is 0 Å². The van der Waals surface area contributed by atoms with Crippen LogP contribution in [0.1, 0.15) is 143 Å². The predicted molar refractivity (Wildman–Crippen MR) is 243 cm³/mol. The third-order valence-electron chi connectivity index (χ3n) is 13.9. The maximum Gasteiger partial charge on any atom is 0.229 e. The van der Waals surface area contributed by atoms with Gasteiger partial charge in [0.05, 0.1) is 42.7 Å². The molecule has 3 aliphatic heterocycles. The van der Waals surface area contributed by atoms with E-state index in [9.17, 15) is 14.4 Å². The van der Waals surface area contributed by atoms with Gasteiger partial charge in [0.2, 0.25) is 17.7 Å². The van der Waals surface area contributed by atoms with E-state index in [2.05, 4.69) is 112 Å². The van der Waals surface area contributed by atoms with Gasteiger partial charge in [0, 0.05) is 71.6 Å². The average molecular weight is 838 g/mol. The molecule has 9 unspecified atom stereocenters. The normalized spacial score (nSPS) is 26.6. The summed E-state index contributed by atoms with van der Waals surface area (Å²) in [5, 5.41) is 0. The van der Waals surface area contributed by atoms with Crippen LogP contribution in [0.15, 0.2) is 0 Å². The van der Waals surface area contributed by atoms with Crippen molar-refractivity contribution in [2.24, 2.45) is 65.1 Å². The van der Waals surface area contributed by atoms with Crippen LogP contribution in [0.3, 0.4) is 0 Å². The van der Waals surface area contributed by atoms with Gasteiger partial charge in [-0.1, -0.05) is 90.0 Å². The third-order valence-corrected chi connectivity index (χ3v) is 13.9. The second kappa shape index (κ2) is 26.0. The Balaban J connectivity index is 0.000000443. The molecule has 0 aromatic rings. The van der Waals surface area contributed by atoms with E-state index >= 15 is 0 Å². The molecule has 3 rings (SSSR count). The van der Waals surface area contributed by atoms with Crippen LogP contribution in [0.25, 0.3) is 0 Å². The molecule has 0 radical (unpaired) electrons. The number of likely N-dealkylation sites (tertiary alicyclic amines) is 3. The molecule has 3 fully saturated rings. The predicted octanol–water partition coefficient (Wildman–Crippen LogP) is 9.33. The number of ether oxygens (including phenoxy) is 4. The Labute approximate surface area is 363 Å². The van der Waals surface area contributed by atoms with Crippen molar-refractivity contribution in [1.29, 1.82) is 0 Å². The van der Waals surface area contributed by atoms with Gasteiger partial charge in [-0.15, -0.1) is 0 Å². The minimum atomic E-state index is -0.0717. The lowest BCUT2D eigenvalue weighted by molar-refractivity contribution is -0.146. The molecule has 3 heterocycles. The molecule has 10 heteroatoms. The SMILES string of the molecule is COC(C)C(C(=O)N1C(C)CC[C@H]1C(C)C)C(C)C.COC(C)C(C(=O)N1CC(C)C[C@H]1C(C)C)C(C)C.COCC1C[C@@H](C(C)C)N(C(=O)C(C(C)C)C(C)OC)C1. The van der Waals surface area contributed by atoms with Crippen molar-refractivity contribution in [2.75, 3.05) is 48.1 Å². The van der Waals surface area contributed by atoms with Gasteiger partial charge in [0.15, 0.2) is 0 Å². The summed E-state index contributed by atoms with van der Waals surface area (Å²) >= 11 is 0. The zero-order chi connectivity index (χ0) is 45.6. The van der Waals surface area contributed by atoms with Crippen LogP contribution in [0.2, 0.25) is 0 Å². The van der Waals surface area contributed by atoms with E-state index in [0.717, 1.165) is 45.4 Å². The first-order valence-corrected chi connectivity index (χ1v) is 23.4. The highest BCUT2D eigenvalue weighted by Crippen LogP contribution is 2.35. The summed E-state index contributed by atoms with van der Waals surface area (Å²) in [4.78, 5) is 45.3. The molecule has 0 aliphatic carbocycles. The second-order valence-electron chi connectivity index (χ2n) is 20.6. The van der Waals surface area contributed by atoms with Crippen LogP contribution < -0.4 is 0 Å². The van der Waals surface area contributed by atoms with Crippen LogP contribution in [0.5, 0.6) is 0 Å². The molecule has 0 saturated carbocycles. The lowest BCUT2D eigenvalue weighted by atomic mass is 9.88. The van der Waals surface area contributed by atoms with Crippen LogP contribution in [-0.4, -0.2) is 123 Å². The number of nitrogens with zero attached hydrogens (tertiary/aromatic N) is 3. The van der Waals surface area contributed by atoms with E-state index in [1.54, 1.807) is 28.4 Å². The summed E-state index contributed by atoms with van der Waals surface area (Å²) in [5.41, 5.74) is 0. The van der Waals surface area contributed by atoms with Crippen molar-refractivity contribution in [3.8, 4) is 0 Å². The zero-order valence-electron chi connectivity index (χ0n) is 42.0. The largest absolute Gasteiger partial charge is 0.384 e. The number of methoxy groups -OCH3 is 4. The van der Waals surface area contributed by atoms with Crippen LogP contribution in [0.4, 0.5) is 0 Å². The van der Waals surface area contributed by atoms with Gasteiger partial charge in [0.25, 0.3) is 0 Å². The van der Waals surface area contributed by atoms with Crippen molar-refractivity contribution in [1.82, 2.24) is 14.7 Å². The molecule has 10 nitrogen and oxygen atoms in total. The molecule has 0 aromatic carbocycles. The fourth-order valence-corrected chi connectivity index (χ4v) is 10.3. The zero-order valence-corrected chi connectivity index (χ0v) is 42.0. The molecule has 0 N–H and O–H groups in total. The van der Waals surface area contributed by atoms with Crippen molar-refractivity contribution < 1.29 is 33.3 Å². The summed E-state index contributed by atoms with van der Waals surface area (Å²) < 4.78 is 21.6. The molecule has 0 bridgehead atoms. The van der Waals surface area contributed by atoms with Gasteiger partial charge < -0.3 is 33.6 Å². The summed E-state index contributed by atoms with van der Waals surface area (Å²) in [5.74, 6) is 4.17. The van der Waals surface area contributed by atoms with Gasteiger partial charge >= 0.3 is 0 Å². The highest BCUT2D eigenvalue weighted by Gasteiger charge is 2.44. The van der Waals surface area contributed by atoms with Gasteiger partial charge in [0.1, 0.15) is 0 Å². The summed E-state index contributed by atoms with van der Waals surface area (Å²) in [6, 6.07) is 1.48. The molecule has 3 saturated heterocycles. The average Bonchev–Trinajstić information content (AvgIpc) is 3.88. The molecule has 12 atom stereocenters. The summed E-state index contributed by atoms with van der Waals surface area (Å²) in [6.45, 7) is 38.8. The molecule has 3 amide bonds. The van der Waals surface area contributed by atoms with Crippen LogP contribution in [0, 0.1) is 65.1 Å². The Morgan fingerprint density at radius 2 is 0.881 bits per heavy atom. The molecule has 3 aliphatic rings. The first-order chi connectivity index (χ1) is 27.4. The molecule has 0 aromatic heterocycles. The quantitative estimate of drug-likeness (QED) is 0.144. The maximum atomic E-state index is 13.1. The Bertz CT molecular complexity index is 1220. The maximum absolute atomic E-state index is 13.1. The van der Waals surface area contributed by atoms with Crippen molar-refractivity contribution >= 4 is 17.7 Å². The molecule has 348 valence electrons. The number of rotatable bonds is 17. The van der Waals surface area contributed by atoms with Gasteiger partial charge in [-0.05, 0) is 94.8 Å². The van der Waals surface area contributed by atoms with E-state index in [1.807, 2.05) is 20.8 Å². The topological polar surface area (TPSA) is 97.9 Å². The van der Waals surface area contributed by atoms with Gasteiger partial charge in [-0.2, -0.15) is 0 Å². The lowest BCUT2D eigenvalue weighted by Gasteiger charge is -2.37. The van der Waals surface area contributed by atoms with Crippen molar-refractivity contribution in [2.45, 2.75) is 186 Å². The van der Waals surface area contributed by atoms with E-state index in [-0.39, 0.29) is 59.7 Å². The molecular weight excluding hydrogens is 743 g/mol. The fraction of sp³-hybridized carbons (Fsp3) is 0.939. The Morgan fingerprint density at radius 1 is 0.508 bits per heavy atom. The van der Waals surface area contributed by atoms with E-state index < -0.39 is 0 Å². The van der Waals surface area contributed by atoms with E-state index in [0.29, 0.717) is 65.6 Å². The molecular formula is C49H95N3O7. The minimum Gasteiger partial charge on any atom is -0.384 e.